The Morgan fingerprint density at radius 3 is 2.26 bits per heavy atom. The summed E-state index contributed by atoms with van der Waals surface area (Å²) in [6.07, 6.45) is 3.48. The Labute approximate surface area is 141 Å². The second kappa shape index (κ2) is 7.77. The second-order valence-corrected chi connectivity index (χ2v) is 9.31. The van der Waals surface area contributed by atoms with Crippen LogP contribution in [0, 0.1) is 13.8 Å². The number of benzene rings is 1. The molecule has 0 radical (unpaired) electrons. The number of sulfone groups is 1. The molecule has 0 amide bonds. The van der Waals surface area contributed by atoms with E-state index in [9.17, 15) is 8.42 Å². The van der Waals surface area contributed by atoms with E-state index in [1.807, 2.05) is 0 Å². The molecule has 130 valence electrons. The molecule has 1 aromatic carbocycles. The molecule has 1 aliphatic heterocycles. The van der Waals surface area contributed by atoms with Crippen LogP contribution in [-0.4, -0.2) is 51.0 Å². The van der Waals surface area contributed by atoms with Crippen LogP contribution >= 0.6 is 0 Å². The average molecular weight is 339 g/mol. The minimum Gasteiger partial charge on any atom is -0.307 e. The summed E-state index contributed by atoms with van der Waals surface area (Å²) in [5, 5.41) is 3.74. The number of aryl methyl sites for hydroxylation is 2. The van der Waals surface area contributed by atoms with E-state index in [2.05, 4.69) is 49.2 Å². The first kappa shape index (κ1) is 18.4. The molecule has 0 bridgehead atoms. The molecule has 2 rings (SSSR count). The topological polar surface area (TPSA) is 49.4 Å². The summed E-state index contributed by atoms with van der Waals surface area (Å²) in [6, 6.07) is 7.58. The predicted octanol–water partition coefficient (Wildman–Crippen LogP) is 2.46. The van der Waals surface area contributed by atoms with Gasteiger partial charge < -0.3 is 10.2 Å². The van der Waals surface area contributed by atoms with Crippen LogP contribution in [0.2, 0.25) is 0 Å². The third-order valence-electron chi connectivity index (χ3n) is 4.60. The van der Waals surface area contributed by atoms with Gasteiger partial charge in [0.15, 0.2) is 0 Å². The standard InChI is InChI=1S/C18H30N2O2S/c1-14-11-15(2)13-17(12-14)16(3)19-18-5-7-20(8-6-18)9-10-23(4,21)22/h11-13,16,18-19H,5-10H2,1-4H3/t16-/m1/s1. The fourth-order valence-corrected chi connectivity index (χ4v) is 3.92. The second-order valence-electron chi connectivity index (χ2n) is 7.06. The maximum atomic E-state index is 11.3. The number of likely N-dealkylation sites (tertiary alicyclic amines) is 1. The summed E-state index contributed by atoms with van der Waals surface area (Å²) in [4.78, 5) is 2.26. The van der Waals surface area contributed by atoms with Crippen LogP contribution in [0.4, 0.5) is 0 Å². The van der Waals surface area contributed by atoms with Gasteiger partial charge in [0.25, 0.3) is 0 Å². The summed E-state index contributed by atoms with van der Waals surface area (Å²) in [6.45, 7) is 9.13. The van der Waals surface area contributed by atoms with Crippen molar-refractivity contribution in [1.82, 2.24) is 10.2 Å². The van der Waals surface area contributed by atoms with Crippen LogP contribution in [0.5, 0.6) is 0 Å². The van der Waals surface area contributed by atoms with Gasteiger partial charge in [0.2, 0.25) is 0 Å². The SMILES string of the molecule is Cc1cc(C)cc([C@@H](C)NC2CCN(CCS(C)(=O)=O)CC2)c1. The number of hydrogen-bond donors (Lipinski definition) is 1. The van der Waals surface area contributed by atoms with Gasteiger partial charge in [-0.2, -0.15) is 0 Å². The van der Waals surface area contributed by atoms with E-state index in [1.165, 1.54) is 22.9 Å². The maximum absolute atomic E-state index is 11.3. The fraction of sp³-hybridized carbons (Fsp3) is 0.667. The normalized spacial score (nSPS) is 19.0. The van der Waals surface area contributed by atoms with Crippen molar-refractivity contribution in [2.45, 2.75) is 45.7 Å². The van der Waals surface area contributed by atoms with Gasteiger partial charge in [-0.25, -0.2) is 8.42 Å². The van der Waals surface area contributed by atoms with Crippen molar-refractivity contribution in [3.8, 4) is 0 Å². The van der Waals surface area contributed by atoms with E-state index < -0.39 is 9.84 Å². The first-order chi connectivity index (χ1) is 10.7. The Hall–Kier alpha value is -0.910. The molecule has 0 saturated carbocycles. The summed E-state index contributed by atoms with van der Waals surface area (Å²) in [5.41, 5.74) is 3.97. The summed E-state index contributed by atoms with van der Waals surface area (Å²) in [5.74, 6) is 0.268. The van der Waals surface area contributed by atoms with Crippen molar-refractivity contribution in [2.75, 3.05) is 31.6 Å². The van der Waals surface area contributed by atoms with Gasteiger partial charge in [-0.05, 0) is 52.3 Å². The van der Waals surface area contributed by atoms with E-state index in [0.717, 1.165) is 25.9 Å². The summed E-state index contributed by atoms with van der Waals surface area (Å²) in [7, 11) is -2.86. The zero-order chi connectivity index (χ0) is 17.0. The van der Waals surface area contributed by atoms with Gasteiger partial charge in [-0.3, -0.25) is 0 Å². The van der Waals surface area contributed by atoms with Gasteiger partial charge in [0, 0.05) is 24.9 Å². The van der Waals surface area contributed by atoms with Crippen LogP contribution in [0.15, 0.2) is 18.2 Å². The van der Waals surface area contributed by atoms with Crippen LogP contribution in [0.1, 0.15) is 42.5 Å². The number of nitrogens with one attached hydrogen (secondary N) is 1. The fourth-order valence-electron chi connectivity index (χ4n) is 3.33. The van der Waals surface area contributed by atoms with Crippen LogP contribution in [0.3, 0.4) is 0 Å². The van der Waals surface area contributed by atoms with Crippen LogP contribution in [0.25, 0.3) is 0 Å². The quantitative estimate of drug-likeness (QED) is 0.866. The largest absolute Gasteiger partial charge is 0.307 e. The van der Waals surface area contributed by atoms with Crippen LogP contribution < -0.4 is 5.32 Å². The lowest BCUT2D eigenvalue weighted by Crippen LogP contribution is -2.44. The summed E-state index contributed by atoms with van der Waals surface area (Å²) >= 11 is 0. The van der Waals surface area contributed by atoms with Crippen LogP contribution in [-0.2, 0) is 9.84 Å². The van der Waals surface area contributed by atoms with E-state index in [-0.39, 0.29) is 5.75 Å². The first-order valence-corrected chi connectivity index (χ1v) is 10.5. The van der Waals surface area contributed by atoms with E-state index >= 15 is 0 Å². The molecule has 1 aliphatic rings. The molecule has 0 unspecified atom stereocenters. The Balaban J connectivity index is 1.81. The molecule has 1 atom stereocenters. The van der Waals surface area contributed by atoms with E-state index in [1.54, 1.807) is 0 Å². The van der Waals surface area contributed by atoms with Crippen molar-refractivity contribution in [1.29, 1.82) is 0 Å². The average Bonchev–Trinajstić information content (AvgIpc) is 2.44. The first-order valence-electron chi connectivity index (χ1n) is 8.47. The van der Waals surface area contributed by atoms with Crippen molar-refractivity contribution in [3.05, 3.63) is 34.9 Å². The smallest absolute Gasteiger partial charge is 0.148 e. The van der Waals surface area contributed by atoms with Gasteiger partial charge in [-0.15, -0.1) is 0 Å². The molecule has 1 N–H and O–H groups in total. The van der Waals surface area contributed by atoms with Gasteiger partial charge >= 0.3 is 0 Å². The predicted molar refractivity (Wildman–Crippen MR) is 96.6 cm³/mol. The minimum atomic E-state index is -2.86. The lowest BCUT2D eigenvalue weighted by atomic mass is 9.99. The molecular weight excluding hydrogens is 308 g/mol. The van der Waals surface area contributed by atoms with Gasteiger partial charge in [0.1, 0.15) is 9.84 Å². The van der Waals surface area contributed by atoms with E-state index in [4.69, 9.17) is 0 Å². The molecule has 1 fully saturated rings. The van der Waals surface area contributed by atoms with Gasteiger partial charge in [-0.1, -0.05) is 29.3 Å². The third-order valence-corrected chi connectivity index (χ3v) is 5.52. The Morgan fingerprint density at radius 2 is 1.74 bits per heavy atom. The summed E-state index contributed by atoms with van der Waals surface area (Å²) < 4.78 is 22.5. The van der Waals surface area contributed by atoms with Crippen molar-refractivity contribution in [3.63, 3.8) is 0 Å². The highest BCUT2D eigenvalue weighted by Crippen LogP contribution is 2.20. The van der Waals surface area contributed by atoms with E-state index in [0.29, 0.717) is 18.6 Å². The lowest BCUT2D eigenvalue weighted by Gasteiger charge is -2.34. The zero-order valence-electron chi connectivity index (χ0n) is 14.8. The Kier molecular flexibility index (Phi) is 6.23. The lowest BCUT2D eigenvalue weighted by molar-refractivity contribution is 0.201. The molecule has 4 nitrogen and oxygen atoms in total. The Bertz CT molecular complexity index is 600. The van der Waals surface area contributed by atoms with Crippen molar-refractivity contribution >= 4 is 9.84 Å². The molecule has 1 heterocycles. The number of nitrogens with zero attached hydrogens (tertiary/aromatic N) is 1. The molecule has 0 aliphatic carbocycles. The molecule has 1 aromatic rings. The monoisotopic (exact) mass is 338 g/mol. The van der Waals surface area contributed by atoms with Gasteiger partial charge in [0.05, 0.1) is 5.75 Å². The third kappa shape index (κ3) is 6.24. The molecule has 0 spiro atoms. The highest BCUT2D eigenvalue weighted by molar-refractivity contribution is 7.90. The molecule has 1 saturated heterocycles. The molecule has 0 aromatic heterocycles. The number of rotatable bonds is 6. The highest BCUT2D eigenvalue weighted by Gasteiger charge is 2.21. The molecular formula is C18H30N2O2S. The van der Waals surface area contributed by atoms with Crippen molar-refractivity contribution < 1.29 is 8.42 Å². The minimum absolute atomic E-state index is 0.268. The maximum Gasteiger partial charge on any atom is 0.148 e. The number of hydrogen-bond acceptors (Lipinski definition) is 4. The molecule has 5 heteroatoms. The molecule has 23 heavy (non-hydrogen) atoms. The zero-order valence-corrected chi connectivity index (χ0v) is 15.6. The highest BCUT2D eigenvalue weighted by atomic mass is 32.2. The number of piperidine rings is 1. The Morgan fingerprint density at radius 1 is 1.17 bits per heavy atom. The van der Waals surface area contributed by atoms with Crippen molar-refractivity contribution in [2.24, 2.45) is 0 Å².